The van der Waals surface area contributed by atoms with Crippen LogP contribution in [0, 0.1) is 29.6 Å². The lowest BCUT2D eigenvalue weighted by atomic mass is 9.85. The predicted molar refractivity (Wildman–Crippen MR) is 527 cm³/mol. The van der Waals surface area contributed by atoms with Crippen LogP contribution in [0.15, 0.2) is 58.5 Å². The number of fused-ring (bicyclic) bond motifs is 5. The number of hydrazine groups is 2. The van der Waals surface area contributed by atoms with Crippen molar-refractivity contribution in [1.29, 1.82) is 0 Å². The van der Waals surface area contributed by atoms with Gasteiger partial charge in [0.15, 0.2) is 18.2 Å². The number of benzene rings is 2. The van der Waals surface area contributed by atoms with Gasteiger partial charge in [-0.1, -0.05) is 65.3 Å². The highest BCUT2D eigenvalue weighted by atomic mass is 32.2. The van der Waals surface area contributed by atoms with Crippen molar-refractivity contribution in [2.24, 2.45) is 46.2 Å². The molecule has 50 heteroatoms. The fourth-order valence-electron chi connectivity index (χ4n) is 15.0. The van der Waals surface area contributed by atoms with E-state index in [1.54, 1.807) is 85.9 Å². The molecule has 2 aromatic carbocycles. The van der Waals surface area contributed by atoms with Gasteiger partial charge in [-0.15, -0.1) is 5.53 Å². The third kappa shape index (κ3) is 43.2. The zero-order valence-corrected chi connectivity index (χ0v) is 85.2. The largest absolute Gasteiger partial charge is 0.496 e. The van der Waals surface area contributed by atoms with Crippen molar-refractivity contribution in [3.05, 3.63) is 65.0 Å². The smallest absolute Gasteiger partial charge is 0.407 e. The van der Waals surface area contributed by atoms with E-state index < -0.39 is 223 Å². The van der Waals surface area contributed by atoms with E-state index in [4.69, 9.17) is 58.9 Å². The molecule has 7 rings (SSSR count). The molecule has 790 valence electrons. The van der Waals surface area contributed by atoms with Crippen molar-refractivity contribution in [3.63, 3.8) is 0 Å². The number of primary amides is 2. The number of carbonyl (C=O) groups excluding carboxylic acids is 14. The lowest BCUT2D eigenvalue weighted by Crippen LogP contribution is -2.60. The van der Waals surface area contributed by atoms with Gasteiger partial charge in [0.05, 0.1) is 177 Å². The lowest BCUT2D eigenvalue weighted by Gasteiger charge is -2.32. The van der Waals surface area contributed by atoms with E-state index in [-0.39, 0.29) is 61.4 Å². The number of alkyl carbamates (subject to hydrolysis) is 1. The van der Waals surface area contributed by atoms with Gasteiger partial charge < -0.3 is 143 Å². The molecular formula is C91H144N18O28S4. The second kappa shape index (κ2) is 66.0. The summed E-state index contributed by atoms with van der Waals surface area (Å²) in [7, 11) is 0.664. The molecule has 46 nitrogen and oxygen atoms in total. The maximum absolute atomic E-state index is 15.3. The number of aromatic nitrogens is 1. The molecular weight excluding hydrogens is 1920 g/mol. The van der Waals surface area contributed by atoms with E-state index in [0.717, 1.165) is 29.3 Å². The molecule has 3 aromatic rings. The first-order chi connectivity index (χ1) is 67.6. The minimum absolute atomic E-state index is 0.0150. The summed E-state index contributed by atoms with van der Waals surface area (Å²) >= 11 is 4.65. The second-order valence-corrected chi connectivity index (χ2v) is 38.4. The van der Waals surface area contributed by atoms with Gasteiger partial charge in [-0.05, 0) is 91.8 Å². The number of H-pyrrole nitrogens is 1. The van der Waals surface area contributed by atoms with Crippen LogP contribution < -0.4 is 80.3 Å². The molecule has 5 heterocycles. The number of carbonyl (C=O) groups is 14. The number of rotatable bonds is 55. The Kier molecular flexibility index (Phi) is 56.0. The summed E-state index contributed by atoms with van der Waals surface area (Å²) in [6, 6.07) is 0.424. The number of Topliss-reactive ketones (excluding diaryl/α,β-unsaturated/α-hetero) is 2. The number of methoxy groups -OCH3 is 2. The zero-order chi connectivity index (χ0) is 103. The van der Waals surface area contributed by atoms with E-state index in [9.17, 15) is 82.4 Å². The first-order valence-corrected chi connectivity index (χ1v) is 52.2. The maximum Gasteiger partial charge on any atom is 0.407 e. The zero-order valence-electron chi connectivity index (χ0n) is 81.9. The number of nitrogens with one attached hydrogen (secondary N) is 13. The maximum atomic E-state index is 15.3. The second-order valence-electron chi connectivity index (χ2n) is 34.2. The highest BCUT2D eigenvalue weighted by Gasteiger charge is 2.46. The van der Waals surface area contributed by atoms with Gasteiger partial charge in [0.1, 0.15) is 47.6 Å². The predicted octanol–water partition coefficient (Wildman–Crippen LogP) is -0.466. The van der Waals surface area contributed by atoms with Crippen LogP contribution in [0.25, 0.3) is 10.9 Å². The van der Waals surface area contributed by atoms with Gasteiger partial charge in [0.2, 0.25) is 53.2 Å². The average Bonchev–Trinajstić information content (AvgIpc) is 1.61. The number of anilines is 1. The van der Waals surface area contributed by atoms with Gasteiger partial charge >= 0.3 is 12.1 Å². The summed E-state index contributed by atoms with van der Waals surface area (Å²) in [5, 5.41) is 64.2. The topological polar surface area (TPSA) is 640 Å². The number of nitrogens with zero attached hydrogens (tertiary/aromatic N) is 3. The molecule has 0 spiro atoms. The number of ketones is 2. The molecule has 2 bridgehead atoms. The Labute approximate surface area is 836 Å². The SMILES string of the molecule is CCCOCCOCCN1C=C(CNC(=O)OCc2ccc(NC(=O)[C@H](CCCNC(N)=O)NC(=O)[C@H](CC(C)C)NC(=O)CON=C(CSC)CSC)cc2)NN1.CC[C@H](C)[C@@H]1CC(=O)CNC(=O)[C@H]2CC(=O)[C@H]([C@@H](C)[C@@H](O)CO)NC(=O)[C@@H]3C[C@@H](O)CN3C(=O)[C@H](CC(N)=O)NC(=O)[C@@H](CS(=O)c3[nH]c4c(CSCCOCCOCCOCCOCCOC)c(OC)ccc4c3C2)NC(=O)CNC1=O. The highest BCUT2D eigenvalue weighted by Crippen LogP contribution is 2.38. The van der Waals surface area contributed by atoms with Crippen LogP contribution in [0.2, 0.25) is 0 Å². The summed E-state index contributed by atoms with van der Waals surface area (Å²) in [5.74, 6) is -12.1. The molecule has 1 saturated heterocycles. The van der Waals surface area contributed by atoms with Crippen LogP contribution in [0.3, 0.4) is 0 Å². The highest BCUT2D eigenvalue weighted by molar-refractivity contribution is 8.00. The summed E-state index contributed by atoms with van der Waals surface area (Å²) in [5.41, 5.74) is 20.5. The van der Waals surface area contributed by atoms with Crippen LogP contribution in [0.4, 0.5) is 15.3 Å². The van der Waals surface area contributed by atoms with Gasteiger partial charge in [0, 0.05) is 110 Å². The average molecular weight is 2070 g/mol. The number of oxime groups is 1. The molecule has 0 saturated carbocycles. The summed E-state index contributed by atoms with van der Waals surface area (Å²) in [6.07, 6.45) is 1.61. The number of thioether (sulfide) groups is 3. The van der Waals surface area contributed by atoms with E-state index in [1.165, 1.54) is 25.8 Å². The van der Waals surface area contributed by atoms with Crippen molar-refractivity contribution in [3.8, 4) is 5.75 Å². The summed E-state index contributed by atoms with van der Waals surface area (Å²) in [6.45, 7) is 14.5. The van der Waals surface area contributed by atoms with Crippen molar-refractivity contribution in [2.45, 2.75) is 172 Å². The standard InChI is InChI=1S/C54H82N8O19S2.C37H62N10O9S2/c1-6-30(2)36-21-33(64)24-56-49(70)32-19-37-35-7-8-44(77-5)38(28-82-18-17-81-16-15-80-14-13-79-12-11-78-10-9-76-4)48(35)61-53(37)83(75)29-40(58-46(69)25-57-50(36)71)51(72)59-39(23-45(55)68)54(74)62-26-34(65)22-41(62)52(73)60-47(42(66)20-32)31(3)43(67)27-63;1-6-15-53-17-18-54-16-14-47-21-29(44-46-47)20-40-37(52)55-22-27-9-11-28(12-10-27)41-34(49)31(8-7-13-39-36(38)51)43-35(50)32(19-26(2)3)42-33(48)23-56-45-30(24-57-4)25-58-5/h7-8,30-32,34,36,39-41,43,47,61,63,65,67H,6,9-29H2,1-5H3,(H2,55,68)(H,56,70)(H,57,71)(H,58,69)(H,59,72)(H,60,73);9-12,21,26,31-32,44,46H,6-8,13-20,22-25H2,1-5H3,(H,40,52)(H,41,49)(H,42,48)(H,43,50)(H3,38,39,51)/t30-,31-,32+,34+,36-,39-,40+,41-,43-,47-,83?;31-,32-/m00/s1. The van der Waals surface area contributed by atoms with Crippen molar-refractivity contribution in [2.75, 3.05) is 193 Å². The van der Waals surface area contributed by atoms with Crippen LogP contribution in [-0.2, 0) is 130 Å². The Morgan fingerprint density at radius 1 is 0.730 bits per heavy atom. The molecule has 13 amide bonds. The number of ether oxygens (including phenoxy) is 9. The first-order valence-electron chi connectivity index (χ1n) is 46.9. The number of amides is 13. The third-order valence-corrected chi connectivity index (χ3v) is 26.3. The van der Waals surface area contributed by atoms with Crippen molar-refractivity contribution < 1.29 is 134 Å². The molecule has 4 aliphatic rings. The van der Waals surface area contributed by atoms with Gasteiger partial charge in [-0.25, -0.2) is 9.59 Å². The molecule has 0 aliphatic carbocycles. The number of aliphatic hydroxyl groups is 3. The van der Waals surface area contributed by atoms with E-state index in [2.05, 4.69) is 81.2 Å². The Hall–Kier alpha value is -10.1. The minimum Gasteiger partial charge on any atom is -0.496 e. The number of hydrogen-bond donors (Lipinski definition) is 18. The van der Waals surface area contributed by atoms with Crippen molar-refractivity contribution in [1.82, 2.24) is 73.7 Å². The van der Waals surface area contributed by atoms with Crippen LogP contribution >= 0.6 is 35.3 Å². The van der Waals surface area contributed by atoms with Gasteiger partial charge in [-0.3, -0.25) is 66.8 Å². The fourth-order valence-corrected chi connectivity index (χ4v) is 18.4. The summed E-state index contributed by atoms with van der Waals surface area (Å²) < 4.78 is 64.6. The summed E-state index contributed by atoms with van der Waals surface area (Å²) in [4.78, 5) is 200. The molecule has 1 fully saturated rings. The van der Waals surface area contributed by atoms with E-state index in [0.29, 0.717) is 156 Å². The molecule has 1 aromatic heterocycles. The normalized spacial score (nSPS) is 20.0. The molecule has 141 heavy (non-hydrogen) atoms. The number of urea groups is 1. The number of nitrogens with two attached hydrogens (primary N) is 2. The Balaban J connectivity index is 0.000000461. The Morgan fingerprint density at radius 3 is 2.02 bits per heavy atom. The monoisotopic (exact) mass is 2060 g/mol. The molecule has 13 atom stereocenters. The molecule has 20 N–H and O–H groups in total. The molecule has 4 aliphatic heterocycles. The molecule has 0 radical (unpaired) electrons. The van der Waals surface area contributed by atoms with Crippen LogP contribution in [0.1, 0.15) is 116 Å². The minimum atomic E-state index is -2.39. The first kappa shape index (κ1) is 120. The Morgan fingerprint density at radius 2 is 1.39 bits per heavy atom. The lowest BCUT2D eigenvalue weighted by molar-refractivity contribution is -0.144. The van der Waals surface area contributed by atoms with Gasteiger partial charge in [0.25, 0.3) is 5.91 Å². The number of hydrogen-bond acceptors (Lipinski definition) is 35. The van der Waals surface area contributed by atoms with Crippen LogP contribution in [-0.4, -0.2) is 359 Å². The number of aliphatic hydroxyl groups excluding tert-OH is 3. The van der Waals surface area contributed by atoms with Gasteiger partial charge in [-0.2, -0.15) is 35.3 Å². The Bertz CT molecular complexity index is 4590. The van der Waals surface area contributed by atoms with E-state index in [1.807, 2.05) is 32.6 Å². The van der Waals surface area contributed by atoms with Crippen molar-refractivity contribution >= 4 is 151 Å². The fraction of sp³-hybridized carbons (Fsp3) is 0.659. The third-order valence-electron chi connectivity index (χ3n) is 22.7. The number of aromatic amines is 1. The van der Waals surface area contributed by atoms with E-state index >= 15 is 4.21 Å². The molecule has 1 unspecified atom stereocenters. The van der Waals surface area contributed by atoms with Crippen LogP contribution in [0.5, 0.6) is 5.75 Å². The quantitative estimate of drug-likeness (QED) is 0.0193.